The van der Waals surface area contributed by atoms with Crippen LogP contribution in [-0.2, 0) is 25.8 Å². The van der Waals surface area contributed by atoms with Gasteiger partial charge in [-0.3, -0.25) is 9.59 Å². The summed E-state index contributed by atoms with van der Waals surface area (Å²) >= 11 is 3.13. The van der Waals surface area contributed by atoms with Crippen LogP contribution in [0.2, 0.25) is 0 Å². The van der Waals surface area contributed by atoms with Gasteiger partial charge >= 0.3 is 0 Å². The summed E-state index contributed by atoms with van der Waals surface area (Å²) < 4.78 is 39.8. The quantitative estimate of drug-likeness (QED) is 0.652. The second-order valence-corrected chi connectivity index (χ2v) is 10.2. The molecule has 2 aromatic rings. The third-order valence-electron chi connectivity index (χ3n) is 5.00. The minimum atomic E-state index is -3.71. The van der Waals surface area contributed by atoms with Crippen molar-refractivity contribution in [1.82, 2.24) is 0 Å². The van der Waals surface area contributed by atoms with Gasteiger partial charge in [0.15, 0.2) is 9.84 Å². The number of sulfone groups is 1. The van der Waals surface area contributed by atoms with Crippen LogP contribution in [0.5, 0.6) is 0 Å². The molecule has 9 heteroatoms. The van der Waals surface area contributed by atoms with E-state index in [-0.39, 0.29) is 29.0 Å². The topological polar surface area (TPSA) is 83.6 Å². The number of benzene rings is 2. The average Bonchev–Trinajstić information content (AvgIpc) is 3.03. The van der Waals surface area contributed by atoms with Crippen LogP contribution in [0.3, 0.4) is 0 Å². The number of nitrogens with one attached hydrogen (secondary N) is 1. The van der Waals surface area contributed by atoms with Crippen molar-refractivity contribution in [2.24, 2.45) is 0 Å². The zero-order valence-corrected chi connectivity index (χ0v) is 19.0. The van der Waals surface area contributed by atoms with Crippen molar-refractivity contribution in [3.05, 3.63) is 52.3 Å². The van der Waals surface area contributed by atoms with Crippen molar-refractivity contribution in [1.29, 1.82) is 0 Å². The van der Waals surface area contributed by atoms with Gasteiger partial charge in [0.2, 0.25) is 11.8 Å². The Morgan fingerprint density at radius 1 is 1.23 bits per heavy atom. The summed E-state index contributed by atoms with van der Waals surface area (Å²) in [5.74, 6) is -1.61. The molecule has 0 bridgehead atoms. The number of amides is 2. The second kappa shape index (κ2) is 8.85. The monoisotopic (exact) mass is 496 g/mol. The van der Waals surface area contributed by atoms with Crippen LogP contribution in [0.4, 0.5) is 15.8 Å². The van der Waals surface area contributed by atoms with E-state index >= 15 is 0 Å². The van der Waals surface area contributed by atoms with Crippen LogP contribution >= 0.6 is 15.9 Å². The molecule has 0 saturated carbocycles. The van der Waals surface area contributed by atoms with Crippen molar-refractivity contribution >= 4 is 49.0 Å². The number of hydrogen-bond acceptors (Lipinski definition) is 4. The molecule has 2 amide bonds. The first-order valence-electron chi connectivity index (χ1n) is 9.55. The molecule has 0 aliphatic carbocycles. The van der Waals surface area contributed by atoms with Crippen LogP contribution in [-0.4, -0.2) is 32.0 Å². The molecule has 160 valence electrons. The molecule has 2 aromatic carbocycles. The maximum absolute atomic E-state index is 13.8. The van der Waals surface area contributed by atoms with Crippen LogP contribution in [0, 0.1) is 5.82 Å². The number of fused-ring (bicyclic) bond motifs is 1. The first kappa shape index (κ1) is 22.4. The van der Waals surface area contributed by atoms with Gasteiger partial charge in [-0.2, -0.15) is 0 Å². The number of halogens is 2. The highest BCUT2D eigenvalue weighted by molar-refractivity contribution is 9.10. The average molecular weight is 497 g/mol. The number of hydrogen-bond donors (Lipinski definition) is 1. The lowest BCUT2D eigenvalue weighted by Gasteiger charge is -2.22. The summed E-state index contributed by atoms with van der Waals surface area (Å²) in [5, 5.41) is 2.39. The fourth-order valence-electron chi connectivity index (χ4n) is 3.50. The van der Waals surface area contributed by atoms with E-state index in [1.54, 1.807) is 30.0 Å². The third kappa shape index (κ3) is 4.73. The van der Waals surface area contributed by atoms with Gasteiger partial charge in [0.1, 0.15) is 5.82 Å². The lowest BCUT2D eigenvalue weighted by molar-refractivity contribution is -0.118. The zero-order valence-electron chi connectivity index (χ0n) is 16.6. The molecule has 1 N–H and O–H groups in total. The Balaban J connectivity index is 1.70. The van der Waals surface area contributed by atoms with Gasteiger partial charge in [-0.05, 0) is 55.3 Å². The van der Waals surface area contributed by atoms with Crippen molar-refractivity contribution in [2.45, 2.75) is 44.0 Å². The molecule has 0 saturated heterocycles. The Kier molecular flexibility index (Phi) is 6.62. The maximum atomic E-state index is 13.8. The number of carbonyl (C=O) groups excluding carboxylic acids is 2. The van der Waals surface area contributed by atoms with Gasteiger partial charge in [0.05, 0.1) is 16.3 Å². The molecule has 1 aliphatic heterocycles. The number of carbonyl (C=O) groups is 2. The zero-order chi connectivity index (χ0) is 22.1. The molecular formula is C21H22BrFN2O4S. The summed E-state index contributed by atoms with van der Waals surface area (Å²) in [6.45, 7) is 3.71. The molecule has 1 unspecified atom stereocenters. The fourth-order valence-corrected chi connectivity index (χ4v) is 5.12. The van der Waals surface area contributed by atoms with Crippen molar-refractivity contribution in [2.75, 3.05) is 16.0 Å². The highest BCUT2D eigenvalue weighted by atomic mass is 79.9. The predicted octanol–water partition coefficient (Wildman–Crippen LogP) is 4.08. The van der Waals surface area contributed by atoms with Gasteiger partial charge in [0, 0.05) is 29.0 Å². The molecular weight excluding hydrogens is 475 g/mol. The van der Waals surface area contributed by atoms with Gasteiger partial charge in [0.25, 0.3) is 0 Å². The largest absolute Gasteiger partial charge is 0.324 e. The molecule has 3 rings (SSSR count). The summed E-state index contributed by atoms with van der Waals surface area (Å²) in [4.78, 5) is 26.1. The lowest BCUT2D eigenvalue weighted by Crippen LogP contribution is -2.35. The molecule has 1 aliphatic rings. The predicted molar refractivity (Wildman–Crippen MR) is 117 cm³/mol. The van der Waals surface area contributed by atoms with Crippen LogP contribution < -0.4 is 10.2 Å². The second-order valence-electron chi connectivity index (χ2n) is 7.20. The molecule has 6 nitrogen and oxygen atoms in total. The van der Waals surface area contributed by atoms with Gasteiger partial charge in [-0.15, -0.1) is 0 Å². The molecule has 1 atom stereocenters. The smallest absolute Gasteiger partial charge is 0.226 e. The van der Waals surface area contributed by atoms with E-state index in [1.165, 1.54) is 18.2 Å². The van der Waals surface area contributed by atoms with E-state index < -0.39 is 27.3 Å². The molecule has 1 heterocycles. The van der Waals surface area contributed by atoms with E-state index in [4.69, 9.17) is 0 Å². The first-order chi connectivity index (χ1) is 14.1. The highest BCUT2D eigenvalue weighted by Crippen LogP contribution is 2.34. The SMILES string of the molecule is CCC(=O)N1c2ccc(S(=O)(=O)CCC(=O)Nc3ccc(Br)cc3F)cc2CC1C. The number of anilines is 2. The lowest BCUT2D eigenvalue weighted by atomic mass is 10.1. The Morgan fingerprint density at radius 2 is 1.97 bits per heavy atom. The van der Waals surface area contributed by atoms with Gasteiger partial charge < -0.3 is 10.2 Å². The first-order valence-corrected chi connectivity index (χ1v) is 12.0. The van der Waals surface area contributed by atoms with Gasteiger partial charge in [-0.25, -0.2) is 12.8 Å². The Bertz CT molecular complexity index is 1100. The van der Waals surface area contributed by atoms with E-state index in [1.807, 2.05) is 6.92 Å². The van der Waals surface area contributed by atoms with Crippen molar-refractivity contribution < 1.29 is 22.4 Å². The van der Waals surface area contributed by atoms with E-state index in [2.05, 4.69) is 21.2 Å². The molecule has 0 radical (unpaired) electrons. The van der Waals surface area contributed by atoms with Gasteiger partial charge in [-0.1, -0.05) is 22.9 Å². The van der Waals surface area contributed by atoms with E-state index in [0.29, 0.717) is 17.3 Å². The van der Waals surface area contributed by atoms with Crippen molar-refractivity contribution in [3.63, 3.8) is 0 Å². The highest BCUT2D eigenvalue weighted by Gasteiger charge is 2.31. The summed E-state index contributed by atoms with van der Waals surface area (Å²) in [6.07, 6.45) is 0.650. The Labute approximate surface area is 183 Å². The Morgan fingerprint density at radius 3 is 2.63 bits per heavy atom. The van der Waals surface area contributed by atoms with Crippen LogP contribution in [0.1, 0.15) is 32.3 Å². The third-order valence-corrected chi connectivity index (χ3v) is 7.21. The molecule has 0 fully saturated rings. The van der Waals surface area contributed by atoms with E-state index in [9.17, 15) is 22.4 Å². The van der Waals surface area contributed by atoms with Crippen LogP contribution in [0.15, 0.2) is 45.8 Å². The minimum Gasteiger partial charge on any atom is -0.324 e. The summed E-state index contributed by atoms with van der Waals surface area (Å²) in [7, 11) is -3.71. The fraction of sp³-hybridized carbons (Fsp3) is 0.333. The molecule has 0 aromatic heterocycles. The molecule has 30 heavy (non-hydrogen) atoms. The summed E-state index contributed by atoms with van der Waals surface area (Å²) in [6, 6.07) is 8.85. The standard InChI is InChI=1S/C21H22BrFN2O4S/c1-3-21(27)25-13(2)10-14-11-16(5-7-19(14)25)30(28,29)9-8-20(26)24-18-6-4-15(22)12-17(18)23/h4-7,11-13H,3,8-10H2,1-2H3,(H,24,26). The number of rotatable bonds is 6. The van der Waals surface area contributed by atoms with Crippen LogP contribution in [0.25, 0.3) is 0 Å². The maximum Gasteiger partial charge on any atom is 0.226 e. The normalized spacial score (nSPS) is 15.7. The number of nitrogens with zero attached hydrogens (tertiary/aromatic N) is 1. The summed E-state index contributed by atoms with van der Waals surface area (Å²) in [5.41, 5.74) is 1.52. The minimum absolute atomic E-state index is 0.00583. The van der Waals surface area contributed by atoms with E-state index in [0.717, 1.165) is 11.3 Å². The van der Waals surface area contributed by atoms with Crippen molar-refractivity contribution in [3.8, 4) is 0 Å². The Hall–Kier alpha value is -2.26. The molecule has 0 spiro atoms.